The highest BCUT2D eigenvalue weighted by Gasteiger charge is 2.31. The fourth-order valence-corrected chi connectivity index (χ4v) is 2.74. The Morgan fingerprint density at radius 3 is 2.32 bits per heavy atom. The molecule has 0 saturated heterocycles. The lowest BCUT2D eigenvalue weighted by Crippen LogP contribution is -2.47. The van der Waals surface area contributed by atoms with Crippen LogP contribution >= 0.6 is 0 Å². The van der Waals surface area contributed by atoms with E-state index in [0.29, 0.717) is 12.1 Å². The summed E-state index contributed by atoms with van der Waals surface area (Å²) in [4.78, 5) is 34.5. The zero-order valence-electron chi connectivity index (χ0n) is 16.1. The van der Waals surface area contributed by atoms with Crippen LogP contribution in [0, 0.1) is 10.1 Å². The number of non-ortho nitro benzene ring substituents is 1. The van der Waals surface area contributed by atoms with Gasteiger partial charge in [-0.15, -0.1) is 0 Å². The highest BCUT2D eigenvalue weighted by molar-refractivity contribution is 5.89. The number of methoxy groups -OCH3 is 1. The fourth-order valence-electron chi connectivity index (χ4n) is 2.74. The first-order chi connectivity index (χ1) is 14.4. The number of nitrogens with zero attached hydrogens (tertiary/aromatic N) is 1. The van der Waals surface area contributed by atoms with Gasteiger partial charge in [-0.05, 0) is 23.8 Å². The Bertz CT molecular complexity index is 979. The summed E-state index contributed by atoms with van der Waals surface area (Å²) in [5, 5.41) is 23.3. The Morgan fingerprint density at radius 2 is 1.84 bits per heavy atom. The van der Waals surface area contributed by atoms with Crippen LogP contribution in [0.1, 0.15) is 22.8 Å². The van der Waals surface area contributed by atoms with Crippen LogP contribution in [-0.4, -0.2) is 35.0 Å². The maximum Gasteiger partial charge on any atom is 0.416 e. The first-order valence-corrected chi connectivity index (χ1v) is 8.70. The van der Waals surface area contributed by atoms with E-state index in [0.717, 1.165) is 18.2 Å². The Hall–Kier alpha value is -3.67. The number of benzene rings is 2. The van der Waals surface area contributed by atoms with Crippen molar-refractivity contribution in [2.75, 3.05) is 7.11 Å². The smallest absolute Gasteiger partial charge is 0.416 e. The van der Waals surface area contributed by atoms with Crippen molar-refractivity contribution >= 4 is 17.5 Å². The SMILES string of the molecule is COc1ccc([N+](=O)[O-])cc1C[C@H](NC(=O)[C@H](O)c1ccc(C(F)(F)F)cc1)C(N)=O. The molecule has 0 bridgehead atoms. The third-order valence-electron chi connectivity index (χ3n) is 4.36. The molecule has 2 atom stereocenters. The maximum absolute atomic E-state index is 12.6. The van der Waals surface area contributed by atoms with Crippen LogP contribution < -0.4 is 15.8 Å². The predicted octanol–water partition coefficient (Wildman–Crippen LogP) is 1.87. The minimum absolute atomic E-state index is 0.137. The van der Waals surface area contributed by atoms with Crippen molar-refractivity contribution < 1.29 is 37.5 Å². The Labute approximate surface area is 173 Å². The zero-order valence-corrected chi connectivity index (χ0v) is 16.1. The van der Waals surface area contributed by atoms with Gasteiger partial charge >= 0.3 is 6.18 Å². The number of primary amides is 1. The second-order valence-corrected chi connectivity index (χ2v) is 6.44. The van der Waals surface area contributed by atoms with Gasteiger partial charge in [-0.2, -0.15) is 13.2 Å². The highest BCUT2D eigenvalue weighted by atomic mass is 19.4. The molecule has 2 aromatic rings. The van der Waals surface area contributed by atoms with E-state index < -0.39 is 40.6 Å². The molecule has 12 heteroatoms. The van der Waals surface area contributed by atoms with Gasteiger partial charge in [0.05, 0.1) is 17.6 Å². The minimum Gasteiger partial charge on any atom is -0.496 e. The number of ether oxygens (including phenoxy) is 1. The molecule has 0 saturated carbocycles. The number of hydrogen-bond acceptors (Lipinski definition) is 6. The average molecular weight is 441 g/mol. The lowest BCUT2D eigenvalue weighted by molar-refractivity contribution is -0.384. The summed E-state index contributed by atoms with van der Waals surface area (Å²) in [7, 11) is 1.30. The topological polar surface area (TPSA) is 145 Å². The summed E-state index contributed by atoms with van der Waals surface area (Å²) in [6, 6.07) is 5.52. The molecule has 0 spiro atoms. The van der Waals surface area contributed by atoms with Crippen LogP contribution in [0.25, 0.3) is 0 Å². The summed E-state index contributed by atoms with van der Waals surface area (Å²) in [5.74, 6) is -1.89. The number of hydrogen-bond donors (Lipinski definition) is 3. The molecular formula is C19H18F3N3O6. The van der Waals surface area contributed by atoms with Crippen LogP contribution in [0.2, 0.25) is 0 Å². The first-order valence-electron chi connectivity index (χ1n) is 8.70. The third kappa shape index (κ3) is 5.92. The largest absolute Gasteiger partial charge is 0.496 e. The average Bonchev–Trinajstić information content (AvgIpc) is 2.71. The third-order valence-corrected chi connectivity index (χ3v) is 4.36. The highest BCUT2D eigenvalue weighted by Crippen LogP contribution is 2.30. The molecule has 166 valence electrons. The summed E-state index contributed by atoms with van der Waals surface area (Å²) in [6.45, 7) is 0. The van der Waals surface area contributed by atoms with Crippen molar-refractivity contribution in [3.8, 4) is 5.75 Å². The van der Waals surface area contributed by atoms with E-state index >= 15 is 0 Å². The van der Waals surface area contributed by atoms with Gasteiger partial charge in [0.15, 0.2) is 6.10 Å². The van der Waals surface area contributed by atoms with E-state index in [2.05, 4.69) is 5.32 Å². The number of aliphatic hydroxyl groups excluding tert-OH is 1. The molecule has 0 aliphatic rings. The Morgan fingerprint density at radius 1 is 1.23 bits per heavy atom. The van der Waals surface area contributed by atoms with Crippen LogP contribution in [0.3, 0.4) is 0 Å². The normalized spacial score (nSPS) is 13.2. The number of aliphatic hydroxyl groups is 1. The van der Waals surface area contributed by atoms with Gasteiger partial charge < -0.3 is 20.9 Å². The van der Waals surface area contributed by atoms with Gasteiger partial charge in [-0.1, -0.05) is 12.1 Å². The lowest BCUT2D eigenvalue weighted by atomic mass is 10.0. The number of amides is 2. The monoisotopic (exact) mass is 441 g/mol. The van der Waals surface area contributed by atoms with Crippen LogP contribution in [0.15, 0.2) is 42.5 Å². The molecule has 31 heavy (non-hydrogen) atoms. The number of carbonyl (C=O) groups excluding carboxylic acids is 2. The van der Waals surface area contributed by atoms with E-state index in [1.54, 1.807) is 0 Å². The van der Waals surface area contributed by atoms with E-state index in [9.17, 15) is 38.0 Å². The van der Waals surface area contributed by atoms with E-state index in [-0.39, 0.29) is 29.0 Å². The van der Waals surface area contributed by atoms with Crippen LogP contribution in [-0.2, 0) is 22.2 Å². The molecule has 0 aliphatic heterocycles. The molecule has 0 radical (unpaired) electrons. The van der Waals surface area contributed by atoms with Gasteiger partial charge in [-0.25, -0.2) is 0 Å². The number of carbonyl (C=O) groups is 2. The molecule has 2 aromatic carbocycles. The van der Waals surface area contributed by atoms with E-state index in [1.165, 1.54) is 19.2 Å². The number of halogens is 3. The van der Waals surface area contributed by atoms with Crippen molar-refractivity contribution in [1.29, 1.82) is 0 Å². The van der Waals surface area contributed by atoms with Gasteiger partial charge in [0, 0.05) is 24.1 Å². The number of nitro groups is 1. The second kappa shape index (κ2) is 9.43. The molecular weight excluding hydrogens is 423 g/mol. The molecule has 9 nitrogen and oxygen atoms in total. The van der Waals surface area contributed by atoms with Crippen molar-refractivity contribution in [3.63, 3.8) is 0 Å². The molecule has 0 fully saturated rings. The summed E-state index contributed by atoms with van der Waals surface area (Å²) in [6.07, 6.45) is -6.75. The van der Waals surface area contributed by atoms with E-state index in [1.807, 2.05) is 0 Å². The molecule has 2 amide bonds. The fraction of sp³-hybridized carbons (Fsp3) is 0.263. The maximum atomic E-state index is 12.6. The minimum atomic E-state index is -4.58. The summed E-state index contributed by atoms with van der Waals surface area (Å²) >= 11 is 0. The molecule has 2 rings (SSSR count). The Kier molecular flexibility index (Phi) is 7.18. The number of rotatable bonds is 8. The van der Waals surface area contributed by atoms with Crippen molar-refractivity contribution in [2.45, 2.75) is 24.7 Å². The molecule has 0 aliphatic carbocycles. The predicted molar refractivity (Wildman–Crippen MR) is 101 cm³/mol. The summed E-state index contributed by atoms with van der Waals surface area (Å²) < 4.78 is 43.0. The van der Waals surface area contributed by atoms with Gasteiger partial charge in [0.2, 0.25) is 5.91 Å². The number of nitrogens with two attached hydrogens (primary N) is 1. The van der Waals surface area contributed by atoms with Crippen LogP contribution in [0.5, 0.6) is 5.75 Å². The van der Waals surface area contributed by atoms with Crippen molar-refractivity contribution in [1.82, 2.24) is 5.32 Å². The van der Waals surface area contributed by atoms with Crippen molar-refractivity contribution in [3.05, 3.63) is 69.3 Å². The quantitative estimate of drug-likeness (QED) is 0.421. The number of nitrogens with one attached hydrogen (secondary N) is 1. The van der Waals surface area contributed by atoms with Crippen molar-refractivity contribution in [2.24, 2.45) is 5.73 Å². The number of alkyl halides is 3. The molecule has 0 unspecified atom stereocenters. The Balaban J connectivity index is 2.20. The second-order valence-electron chi connectivity index (χ2n) is 6.44. The van der Waals surface area contributed by atoms with Gasteiger partial charge in [0.1, 0.15) is 11.8 Å². The van der Waals surface area contributed by atoms with Gasteiger partial charge in [-0.3, -0.25) is 19.7 Å². The summed E-state index contributed by atoms with van der Waals surface area (Å²) in [5.41, 5.74) is 4.11. The standard InChI is InChI=1S/C19H18F3N3O6/c1-31-15-7-6-13(25(29)30)8-11(15)9-14(17(23)27)24-18(28)16(26)10-2-4-12(5-3-10)19(20,21)22/h2-8,14,16,26H,9H2,1H3,(H2,23,27)(H,24,28)/t14-,16+/m0/s1. The first kappa shape index (κ1) is 23.6. The lowest BCUT2D eigenvalue weighted by Gasteiger charge is -2.19. The van der Waals surface area contributed by atoms with Gasteiger partial charge in [0.25, 0.3) is 11.6 Å². The zero-order chi connectivity index (χ0) is 23.3. The number of nitro benzene ring substituents is 1. The van der Waals surface area contributed by atoms with Crippen LogP contribution in [0.4, 0.5) is 18.9 Å². The van der Waals surface area contributed by atoms with E-state index in [4.69, 9.17) is 10.5 Å². The molecule has 0 aromatic heterocycles. The molecule has 4 N–H and O–H groups in total. The molecule has 0 heterocycles.